The average Bonchev–Trinajstić information content (AvgIpc) is 2.47. The fraction of sp³-hybridized carbons (Fsp3) is 0.562. The number of benzene rings is 1. The van der Waals surface area contributed by atoms with Crippen LogP contribution in [0.15, 0.2) is 18.2 Å². The molecule has 1 fully saturated rings. The van der Waals surface area contributed by atoms with Crippen molar-refractivity contribution in [3.05, 3.63) is 29.6 Å². The second-order valence-corrected chi connectivity index (χ2v) is 5.64. The first-order valence-electron chi connectivity index (χ1n) is 7.07. The van der Waals surface area contributed by atoms with Crippen molar-refractivity contribution in [3.8, 4) is 5.75 Å². The minimum absolute atomic E-state index is 0.126. The van der Waals surface area contributed by atoms with Gasteiger partial charge in [-0.1, -0.05) is 25.3 Å². The van der Waals surface area contributed by atoms with Crippen molar-refractivity contribution < 1.29 is 13.9 Å². The molecule has 0 heterocycles. The van der Waals surface area contributed by atoms with Gasteiger partial charge in [0.25, 0.3) is 0 Å². The lowest BCUT2D eigenvalue weighted by atomic mass is 9.75. The zero-order valence-electron chi connectivity index (χ0n) is 12.4. The standard InChI is InChI=1S/C16H22FNO2/c1-18(2)16(10-5-4-6-11-16)15(19)12-8-7-9-13(20-3)14(12)17/h7-9H,4-6,10-11H2,1-3H3. The molecule has 0 spiro atoms. The van der Waals surface area contributed by atoms with Crippen LogP contribution in [-0.4, -0.2) is 37.4 Å². The van der Waals surface area contributed by atoms with E-state index in [1.54, 1.807) is 12.1 Å². The molecular weight excluding hydrogens is 257 g/mol. The summed E-state index contributed by atoms with van der Waals surface area (Å²) in [4.78, 5) is 14.9. The van der Waals surface area contributed by atoms with Gasteiger partial charge in [0.1, 0.15) is 0 Å². The van der Waals surface area contributed by atoms with Gasteiger partial charge in [-0.2, -0.15) is 0 Å². The number of likely N-dealkylation sites (N-methyl/N-ethyl adjacent to an activating group) is 1. The van der Waals surface area contributed by atoms with E-state index in [1.807, 2.05) is 19.0 Å². The van der Waals surface area contributed by atoms with Crippen LogP contribution in [0, 0.1) is 5.82 Å². The average molecular weight is 279 g/mol. The highest BCUT2D eigenvalue weighted by molar-refractivity contribution is 6.03. The fourth-order valence-electron chi connectivity index (χ4n) is 3.11. The Kier molecular flexibility index (Phi) is 4.43. The third-order valence-electron chi connectivity index (χ3n) is 4.39. The number of carbonyl (C=O) groups is 1. The molecule has 1 aromatic rings. The summed E-state index contributed by atoms with van der Waals surface area (Å²) in [7, 11) is 5.22. The molecule has 0 radical (unpaired) electrons. The van der Waals surface area contributed by atoms with Crippen molar-refractivity contribution in [2.75, 3.05) is 21.2 Å². The first-order valence-corrected chi connectivity index (χ1v) is 7.07. The number of hydrogen-bond donors (Lipinski definition) is 0. The summed E-state index contributed by atoms with van der Waals surface area (Å²) in [5, 5.41) is 0. The summed E-state index contributed by atoms with van der Waals surface area (Å²) in [6, 6.07) is 4.76. The van der Waals surface area contributed by atoms with Crippen LogP contribution in [0.25, 0.3) is 0 Å². The van der Waals surface area contributed by atoms with Crippen molar-refractivity contribution in [1.82, 2.24) is 4.90 Å². The predicted octanol–water partition coefficient (Wildman–Crippen LogP) is 3.28. The van der Waals surface area contributed by atoms with Crippen molar-refractivity contribution in [2.24, 2.45) is 0 Å². The van der Waals surface area contributed by atoms with Gasteiger partial charge < -0.3 is 4.74 Å². The number of Topliss-reactive ketones (excluding diaryl/α,β-unsaturated/α-hetero) is 1. The molecule has 0 unspecified atom stereocenters. The van der Waals surface area contributed by atoms with E-state index >= 15 is 0 Å². The number of methoxy groups -OCH3 is 1. The fourth-order valence-corrected chi connectivity index (χ4v) is 3.11. The van der Waals surface area contributed by atoms with Crippen LogP contribution in [0.5, 0.6) is 5.75 Å². The van der Waals surface area contributed by atoms with Crippen LogP contribution in [0.3, 0.4) is 0 Å². The van der Waals surface area contributed by atoms with E-state index in [2.05, 4.69) is 0 Å². The van der Waals surface area contributed by atoms with Crippen LogP contribution in [0.4, 0.5) is 4.39 Å². The summed E-state index contributed by atoms with van der Waals surface area (Å²) in [5.41, 5.74) is -0.439. The lowest BCUT2D eigenvalue weighted by Crippen LogP contribution is -2.52. The number of ketones is 1. The number of carbonyl (C=O) groups excluding carboxylic acids is 1. The Bertz CT molecular complexity index is 493. The summed E-state index contributed by atoms with van der Waals surface area (Å²) >= 11 is 0. The largest absolute Gasteiger partial charge is 0.494 e. The van der Waals surface area contributed by atoms with E-state index in [0.717, 1.165) is 32.1 Å². The Balaban J connectivity index is 2.43. The van der Waals surface area contributed by atoms with Crippen LogP contribution < -0.4 is 4.74 Å². The number of ether oxygens (including phenoxy) is 1. The molecule has 20 heavy (non-hydrogen) atoms. The quantitative estimate of drug-likeness (QED) is 0.792. The molecule has 2 rings (SSSR count). The first-order chi connectivity index (χ1) is 9.53. The highest BCUT2D eigenvalue weighted by atomic mass is 19.1. The molecule has 0 bridgehead atoms. The molecule has 3 nitrogen and oxygen atoms in total. The van der Waals surface area contributed by atoms with Gasteiger partial charge in [-0.05, 0) is 39.1 Å². The van der Waals surface area contributed by atoms with Crippen molar-refractivity contribution in [1.29, 1.82) is 0 Å². The Morgan fingerprint density at radius 1 is 1.25 bits per heavy atom. The molecule has 0 saturated heterocycles. The maximum atomic E-state index is 14.3. The first kappa shape index (κ1) is 15.0. The molecule has 0 N–H and O–H groups in total. The van der Waals surface area contributed by atoms with E-state index in [-0.39, 0.29) is 17.1 Å². The van der Waals surface area contributed by atoms with Gasteiger partial charge in [0.15, 0.2) is 17.3 Å². The molecule has 1 aromatic carbocycles. The monoisotopic (exact) mass is 279 g/mol. The molecule has 4 heteroatoms. The van der Waals surface area contributed by atoms with Gasteiger partial charge in [0.2, 0.25) is 0 Å². The normalized spacial score (nSPS) is 18.1. The Labute approximate surface area is 119 Å². The van der Waals surface area contributed by atoms with Gasteiger partial charge in [-0.3, -0.25) is 9.69 Å². The smallest absolute Gasteiger partial charge is 0.186 e. The third-order valence-corrected chi connectivity index (χ3v) is 4.39. The predicted molar refractivity (Wildman–Crippen MR) is 76.8 cm³/mol. The molecule has 1 aliphatic carbocycles. The topological polar surface area (TPSA) is 29.5 Å². The number of hydrogen-bond acceptors (Lipinski definition) is 3. The van der Waals surface area contributed by atoms with Crippen molar-refractivity contribution >= 4 is 5.78 Å². The van der Waals surface area contributed by atoms with Gasteiger partial charge in [0, 0.05) is 0 Å². The summed E-state index contributed by atoms with van der Waals surface area (Å²) in [6.07, 6.45) is 4.74. The lowest BCUT2D eigenvalue weighted by molar-refractivity contribution is 0.0559. The number of nitrogens with zero attached hydrogens (tertiary/aromatic N) is 1. The maximum absolute atomic E-state index is 14.3. The zero-order chi connectivity index (χ0) is 14.8. The van der Waals surface area contributed by atoms with E-state index in [1.165, 1.54) is 13.2 Å². The Hall–Kier alpha value is -1.42. The van der Waals surface area contributed by atoms with Crippen LogP contribution in [0.2, 0.25) is 0 Å². The third kappa shape index (κ3) is 2.44. The molecule has 1 aliphatic rings. The molecule has 0 aliphatic heterocycles. The zero-order valence-corrected chi connectivity index (χ0v) is 12.4. The van der Waals surface area contributed by atoms with E-state index < -0.39 is 11.4 Å². The van der Waals surface area contributed by atoms with E-state index in [4.69, 9.17) is 4.74 Å². The van der Waals surface area contributed by atoms with Crippen molar-refractivity contribution in [3.63, 3.8) is 0 Å². The number of rotatable bonds is 4. The van der Waals surface area contributed by atoms with E-state index in [9.17, 15) is 9.18 Å². The highest BCUT2D eigenvalue weighted by Crippen LogP contribution is 2.36. The second-order valence-electron chi connectivity index (χ2n) is 5.64. The second kappa shape index (κ2) is 5.92. The highest BCUT2D eigenvalue weighted by Gasteiger charge is 2.42. The molecule has 0 atom stereocenters. The van der Waals surface area contributed by atoms with Gasteiger partial charge in [0.05, 0.1) is 18.2 Å². The van der Waals surface area contributed by atoms with Crippen LogP contribution in [0.1, 0.15) is 42.5 Å². The Morgan fingerprint density at radius 2 is 1.90 bits per heavy atom. The molecule has 1 saturated carbocycles. The van der Waals surface area contributed by atoms with Crippen LogP contribution in [-0.2, 0) is 0 Å². The molecule has 0 amide bonds. The summed E-state index contributed by atoms with van der Waals surface area (Å²) < 4.78 is 19.3. The lowest BCUT2D eigenvalue weighted by Gasteiger charge is -2.41. The van der Waals surface area contributed by atoms with Gasteiger partial charge in [-0.15, -0.1) is 0 Å². The summed E-state index contributed by atoms with van der Waals surface area (Å²) in [6.45, 7) is 0. The molecule has 110 valence electrons. The minimum Gasteiger partial charge on any atom is -0.494 e. The maximum Gasteiger partial charge on any atom is 0.186 e. The van der Waals surface area contributed by atoms with E-state index in [0.29, 0.717) is 0 Å². The SMILES string of the molecule is COc1cccc(C(=O)C2(N(C)C)CCCCC2)c1F. The minimum atomic E-state index is -0.578. The summed E-state index contributed by atoms with van der Waals surface area (Å²) in [5.74, 6) is -0.550. The Morgan fingerprint density at radius 3 is 2.45 bits per heavy atom. The van der Waals surface area contributed by atoms with Gasteiger partial charge >= 0.3 is 0 Å². The molecular formula is C16H22FNO2. The van der Waals surface area contributed by atoms with Gasteiger partial charge in [-0.25, -0.2) is 4.39 Å². The van der Waals surface area contributed by atoms with Crippen LogP contribution >= 0.6 is 0 Å². The van der Waals surface area contributed by atoms with Crippen molar-refractivity contribution in [2.45, 2.75) is 37.6 Å². The number of halogens is 1. The molecule has 0 aromatic heterocycles.